The van der Waals surface area contributed by atoms with Gasteiger partial charge in [-0.3, -0.25) is 4.79 Å². The van der Waals surface area contributed by atoms with E-state index in [0.717, 1.165) is 18.4 Å². The topological polar surface area (TPSA) is 83.8 Å². The Morgan fingerprint density at radius 3 is 2.33 bits per heavy atom. The molecule has 2 unspecified atom stereocenters. The fraction of sp³-hybridized carbons (Fsp3) is 0.826. The van der Waals surface area contributed by atoms with Crippen LogP contribution in [0.15, 0.2) is 11.6 Å². The van der Waals surface area contributed by atoms with E-state index < -0.39 is 45.1 Å². The van der Waals surface area contributed by atoms with Gasteiger partial charge in [0.05, 0.1) is 6.10 Å². The number of carbonyl (C=O) groups excluding carboxylic acids is 2. The van der Waals surface area contributed by atoms with Crippen molar-refractivity contribution in [3.63, 3.8) is 0 Å². The molecule has 2 fully saturated rings. The average Bonchev–Trinajstić information content (AvgIpc) is 2.60. The number of hydrogen-bond acceptors (Lipinski definition) is 7. The third-order valence-corrected chi connectivity index (χ3v) is 10.3. The minimum Gasteiger partial charge on any atom is -0.446 e. The van der Waals surface area contributed by atoms with Crippen molar-refractivity contribution >= 4 is 35.3 Å². The van der Waals surface area contributed by atoms with Crippen LogP contribution < -0.4 is 0 Å². The zero-order valence-electron chi connectivity index (χ0n) is 19.1. The van der Waals surface area contributed by atoms with Crippen molar-refractivity contribution < 1.29 is 24.5 Å². The second kappa shape index (κ2) is 8.13. The number of fused-ring (bicyclic) bond motifs is 3. The van der Waals surface area contributed by atoms with Crippen LogP contribution in [-0.4, -0.2) is 54.9 Å². The predicted octanol–water partition coefficient (Wildman–Crippen LogP) is 3.95. The number of thioether (sulfide) groups is 2. The van der Waals surface area contributed by atoms with Crippen LogP contribution in [0.25, 0.3) is 0 Å². The number of carbonyl (C=O) groups is 2. The monoisotopic (exact) mass is 456 g/mol. The van der Waals surface area contributed by atoms with Crippen molar-refractivity contribution in [1.82, 2.24) is 0 Å². The summed E-state index contributed by atoms with van der Waals surface area (Å²) in [6, 6.07) is 0. The maximum atomic E-state index is 12.7. The van der Waals surface area contributed by atoms with Crippen molar-refractivity contribution in [2.24, 2.45) is 16.7 Å². The molecule has 30 heavy (non-hydrogen) atoms. The first-order chi connectivity index (χ1) is 13.8. The van der Waals surface area contributed by atoms with Gasteiger partial charge in [-0.25, -0.2) is 4.79 Å². The van der Waals surface area contributed by atoms with E-state index >= 15 is 0 Å². The van der Waals surface area contributed by atoms with Crippen molar-refractivity contribution in [2.75, 3.05) is 0 Å². The van der Waals surface area contributed by atoms with Crippen LogP contribution >= 0.6 is 23.5 Å². The zero-order valence-corrected chi connectivity index (χ0v) is 20.7. The molecule has 5 nitrogen and oxygen atoms in total. The van der Waals surface area contributed by atoms with Crippen LogP contribution in [0.3, 0.4) is 0 Å². The standard InChI is InChI=1S/C23H36O5S2/c1-12(2)29-20-23(30-13(3)4)15(11-16(25)28-20)22(7)10-8-9-21(6,14(5)24)18(22)17(26)19(23)27/h11-13,17-20,26-27H,8-10H2,1-7H3/t17-,18-,19+,20?,21+,22+,23?/m0/s1. The Morgan fingerprint density at radius 1 is 1.17 bits per heavy atom. The zero-order chi connectivity index (χ0) is 22.6. The van der Waals surface area contributed by atoms with E-state index in [0.29, 0.717) is 6.42 Å². The summed E-state index contributed by atoms with van der Waals surface area (Å²) in [7, 11) is 0. The number of ketones is 1. The van der Waals surface area contributed by atoms with E-state index in [-0.39, 0.29) is 16.3 Å². The molecule has 2 N–H and O–H groups in total. The summed E-state index contributed by atoms with van der Waals surface area (Å²) in [6.07, 6.45) is 1.61. The van der Waals surface area contributed by atoms with Crippen LogP contribution in [0, 0.1) is 16.7 Å². The molecule has 2 saturated carbocycles. The lowest BCUT2D eigenvalue weighted by atomic mass is 9.45. The summed E-state index contributed by atoms with van der Waals surface area (Å²) in [5, 5.41) is 23.6. The molecule has 7 atom stereocenters. The van der Waals surface area contributed by atoms with E-state index in [1.54, 1.807) is 24.8 Å². The smallest absolute Gasteiger partial charge is 0.331 e. The summed E-state index contributed by atoms with van der Waals surface area (Å²) in [5.41, 5.74) is -1.08. The summed E-state index contributed by atoms with van der Waals surface area (Å²) >= 11 is 3.09. The van der Waals surface area contributed by atoms with Gasteiger partial charge in [0.25, 0.3) is 0 Å². The van der Waals surface area contributed by atoms with Gasteiger partial charge in [-0.15, -0.1) is 23.5 Å². The van der Waals surface area contributed by atoms with Gasteiger partial charge in [0.1, 0.15) is 16.6 Å². The quantitative estimate of drug-likeness (QED) is 0.606. The third-order valence-electron chi connectivity index (χ3n) is 7.37. The van der Waals surface area contributed by atoms with Crippen molar-refractivity contribution in [1.29, 1.82) is 0 Å². The molecular weight excluding hydrogens is 420 g/mol. The maximum absolute atomic E-state index is 12.7. The molecule has 0 radical (unpaired) electrons. The number of ether oxygens (including phenoxy) is 1. The first-order valence-corrected chi connectivity index (χ1v) is 12.8. The van der Waals surface area contributed by atoms with Gasteiger partial charge in [0, 0.05) is 27.9 Å². The highest BCUT2D eigenvalue weighted by molar-refractivity contribution is 8.05. The summed E-state index contributed by atoms with van der Waals surface area (Å²) < 4.78 is 4.85. The van der Waals surface area contributed by atoms with Gasteiger partial charge in [0.2, 0.25) is 0 Å². The van der Waals surface area contributed by atoms with Gasteiger partial charge in [-0.05, 0) is 30.8 Å². The van der Waals surface area contributed by atoms with Crippen LogP contribution in [0.1, 0.15) is 67.7 Å². The fourth-order valence-electron chi connectivity index (χ4n) is 6.17. The highest BCUT2D eigenvalue weighted by Gasteiger charge is 2.70. The second-order valence-corrected chi connectivity index (χ2v) is 13.6. The van der Waals surface area contributed by atoms with E-state index in [9.17, 15) is 19.8 Å². The Bertz CT molecular complexity index is 750. The lowest BCUT2D eigenvalue weighted by Crippen LogP contribution is -2.71. The molecule has 0 aromatic rings. The molecular formula is C23H36O5S2. The predicted molar refractivity (Wildman–Crippen MR) is 122 cm³/mol. The molecule has 0 amide bonds. The molecule has 2 aliphatic carbocycles. The molecule has 3 aliphatic rings. The molecule has 3 rings (SSSR count). The Morgan fingerprint density at radius 2 is 1.80 bits per heavy atom. The van der Waals surface area contributed by atoms with E-state index in [1.165, 1.54) is 11.8 Å². The molecule has 0 aromatic carbocycles. The van der Waals surface area contributed by atoms with Crippen molar-refractivity contribution in [3.05, 3.63) is 11.6 Å². The minimum absolute atomic E-state index is 0.0285. The lowest BCUT2D eigenvalue weighted by molar-refractivity contribution is -0.175. The highest BCUT2D eigenvalue weighted by Crippen LogP contribution is 2.67. The number of aliphatic hydroxyl groups excluding tert-OH is 2. The van der Waals surface area contributed by atoms with E-state index in [4.69, 9.17) is 4.74 Å². The fourth-order valence-corrected chi connectivity index (χ4v) is 9.26. The lowest BCUT2D eigenvalue weighted by Gasteiger charge is -2.65. The third kappa shape index (κ3) is 3.48. The Labute approximate surface area is 188 Å². The summed E-state index contributed by atoms with van der Waals surface area (Å²) in [4.78, 5) is 25.5. The second-order valence-electron chi connectivity index (χ2n) is 10.1. The van der Waals surface area contributed by atoms with Crippen molar-refractivity contribution in [3.8, 4) is 0 Å². The first kappa shape index (κ1) is 24.1. The van der Waals surface area contributed by atoms with Crippen molar-refractivity contribution in [2.45, 2.75) is 101 Å². The van der Waals surface area contributed by atoms with Gasteiger partial charge in [-0.1, -0.05) is 48.0 Å². The maximum Gasteiger partial charge on any atom is 0.331 e. The SMILES string of the molecule is CC(=O)[C@@]1(C)CCC[C@]2(C)C3=CC(=O)OC(SC(C)C)C3(SC(C)C)[C@H](O)[C@@H](O)[C@@H]12. The Kier molecular flexibility index (Phi) is 6.54. The van der Waals surface area contributed by atoms with E-state index in [1.807, 2.05) is 20.8 Å². The van der Waals surface area contributed by atoms with Gasteiger partial charge in [-0.2, -0.15) is 0 Å². The summed E-state index contributed by atoms with van der Waals surface area (Å²) in [6.45, 7) is 13.7. The number of aliphatic hydroxyl groups is 2. The number of cyclic esters (lactones) is 1. The molecule has 7 heteroatoms. The molecule has 0 saturated heterocycles. The van der Waals surface area contributed by atoms with Gasteiger partial charge >= 0.3 is 5.97 Å². The molecule has 1 heterocycles. The average molecular weight is 457 g/mol. The van der Waals surface area contributed by atoms with Crippen LogP contribution in [0.4, 0.5) is 0 Å². The first-order valence-electron chi connectivity index (χ1n) is 10.9. The Balaban J connectivity index is 2.27. The van der Waals surface area contributed by atoms with Crippen LogP contribution in [-0.2, 0) is 14.3 Å². The molecule has 1 aliphatic heterocycles. The molecule has 0 spiro atoms. The van der Waals surface area contributed by atoms with Crippen LogP contribution in [0.2, 0.25) is 0 Å². The number of hydrogen-bond donors (Lipinski definition) is 2. The molecule has 0 bridgehead atoms. The largest absolute Gasteiger partial charge is 0.446 e. The van der Waals surface area contributed by atoms with Crippen LogP contribution in [0.5, 0.6) is 0 Å². The van der Waals surface area contributed by atoms with Gasteiger partial charge in [0.15, 0.2) is 5.44 Å². The number of esters is 1. The number of rotatable bonds is 5. The number of Topliss-reactive ketones (excluding diaryl/α,β-unsaturated/α-hetero) is 1. The molecule has 170 valence electrons. The Hall–Kier alpha value is -0.500. The highest BCUT2D eigenvalue weighted by atomic mass is 32.2. The molecule has 0 aromatic heterocycles. The van der Waals surface area contributed by atoms with E-state index in [2.05, 4.69) is 20.8 Å². The summed E-state index contributed by atoms with van der Waals surface area (Å²) in [5.74, 6) is -0.823. The van der Waals surface area contributed by atoms with Gasteiger partial charge < -0.3 is 14.9 Å². The normalized spacial score (nSPS) is 43.7. The minimum atomic E-state index is -1.14.